The lowest BCUT2D eigenvalue weighted by molar-refractivity contribution is 0.442. The summed E-state index contributed by atoms with van der Waals surface area (Å²) in [6.45, 7) is 0. The van der Waals surface area contributed by atoms with Gasteiger partial charge in [-0.2, -0.15) is 0 Å². The van der Waals surface area contributed by atoms with Crippen LogP contribution in [0.4, 0.5) is 0 Å². The summed E-state index contributed by atoms with van der Waals surface area (Å²) < 4.78 is 5.24. The summed E-state index contributed by atoms with van der Waals surface area (Å²) in [5.41, 5.74) is 0.846. The number of allylic oxidation sites excluding steroid dienone is 1. The van der Waals surface area contributed by atoms with Crippen LogP contribution in [0.1, 0.15) is 10.9 Å². The molecule has 7 nitrogen and oxygen atoms in total. The number of benzene rings is 1. The molecule has 1 aliphatic rings. The lowest BCUT2D eigenvalue weighted by atomic mass is 10.1. The van der Waals surface area contributed by atoms with Crippen molar-refractivity contribution in [1.29, 1.82) is 0 Å². The molecule has 0 aromatic heterocycles. The zero-order chi connectivity index (χ0) is 9.42. The molecule has 1 heterocycles. The Bertz CT molecular complexity index is 386. The van der Waals surface area contributed by atoms with Crippen LogP contribution in [0.25, 0.3) is 0 Å². The number of hydrogen-bond acceptors (Lipinski definition) is 1. The third-order valence-electron chi connectivity index (χ3n) is 1.80. The minimum atomic E-state index is -0.404. The Morgan fingerprint density at radius 3 is 1.84 bits per heavy atom. The van der Waals surface area contributed by atoms with E-state index in [0.717, 1.165) is 5.56 Å². The van der Waals surface area contributed by atoms with Gasteiger partial charge in [-0.25, -0.2) is 0 Å². The van der Waals surface area contributed by atoms with Crippen molar-refractivity contribution in [3.8, 4) is 5.75 Å². The van der Waals surface area contributed by atoms with Crippen LogP contribution in [0, 0.1) is 0 Å². The van der Waals surface area contributed by atoms with Crippen LogP contribution in [0.3, 0.4) is 0 Å². The topological polar surface area (TPSA) is 198 Å². The van der Waals surface area contributed by atoms with E-state index in [-0.39, 0.29) is 38.1 Å². The molecule has 1 aromatic carbocycles. The van der Waals surface area contributed by atoms with Crippen LogP contribution < -0.4 is 4.74 Å². The molecule has 1 unspecified atom stereocenters. The number of fused-ring (bicyclic) bond motifs is 1. The fourth-order valence-electron chi connectivity index (χ4n) is 1.16. The van der Waals surface area contributed by atoms with Gasteiger partial charge in [0.05, 0.1) is 5.03 Å². The standard InChI is InChI=1S/C9H5Cl3O.6H2O/c10-7-5-3-1-2-4-6(5)13-9(12)8(7)11;;;;;;/h1-4,7H;6*1H2. The highest BCUT2D eigenvalue weighted by atomic mass is 35.5. The molecule has 0 aliphatic carbocycles. The lowest BCUT2D eigenvalue weighted by Crippen LogP contribution is -2.05. The van der Waals surface area contributed by atoms with E-state index in [1.165, 1.54) is 0 Å². The molecule has 2 rings (SSSR count). The molecule has 0 radical (unpaired) electrons. The summed E-state index contributed by atoms with van der Waals surface area (Å²) in [4.78, 5) is 0. The number of rotatable bonds is 0. The summed E-state index contributed by atoms with van der Waals surface area (Å²) in [5.74, 6) is 0.664. The number of halogens is 3. The first kappa shape index (κ1) is 31.0. The van der Waals surface area contributed by atoms with Gasteiger partial charge in [-0.3, -0.25) is 0 Å². The van der Waals surface area contributed by atoms with Crippen molar-refractivity contribution in [3.05, 3.63) is 40.1 Å². The van der Waals surface area contributed by atoms with Gasteiger partial charge in [0, 0.05) is 5.56 Å². The van der Waals surface area contributed by atoms with Gasteiger partial charge in [-0.15, -0.1) is 11.6 Å². The van der Waals surface area contributed by atoms with Crippen LogP contribution >= 0.6 is 34.8 Å². The maximum atomic E-state index is 6.04. The molecule has 0 saturated heterocycles. The number of para-hydroxylation sites is 1. The highest BCUT2D eigenvalue weighted by Gasteiger charge is 2.25. The van der Waals surface area contributed by atoms with Crippen molar-refractivity contribution in [2.75, 3.05) is 0 Å². The fourth-order valence-corrected chi connectivity index (χ4v) is 1.85. The monoisotopic (exact) mass is 342 g/mol. The number of hydrogen-bond donors (Lipinski definition) is 0. The average Bonchev–Trinajstić information content (AvgIpc) is 2.15. The van der Waals surface area contributed by atoms with Gasteiger partial charge in [0.25, 0.3) is 0 Å². The van der Waals surface area contributed by atoms with Crippen molar-refractivity contribution >= 4 is 34.8 Å². The second-order valence-corrected chi connectivity index (χ2v) is 3.81. The molecule has 0 bridgehead atoms. The van der Waals surface area contributed by atoms with Crippen molar-refractivity contribution in [3.63, 3.8) is 0 Å². The van der Waals surface area contributed by atoms with Gasteiger partial charge in [0.15, 0.2) is 0 Å². The largest absolute Gasteiger partial charge is 0.444 e. The Balaban J connectivity index is -0.000000109. The van der Waals surface area contributed by atoms with Crippen molar-refractivity contribution < 1.29 is 37.6 Å². The molecule has 1 atom stereocenters. The highest BCUT2D eigenvalue weighted by Crippen LogP contribution is 2.43. The molecule has 116 valence electrons. The molecule has 0 saturated carbocycles. The molecule has 10 heteroatoms. The highest BCUT2D eigenvalue weighted by molar-refractivity contribution is 6.43. The maximum Gasteiger partial charge on any atom is 0.210 e. The summed E-state index contributed by atoms with van der Waals surface area (Å²) in [6, 6.07) is 7.39. The van der Waals surface area contributed by atoms with Gasteiger partial charge < -0.3 is 37.6 Å². The summed E-state index contributed by atoms with van der Waals surface area (Å²) in [7, 11) is 0. The Labute approximate surface area is 124 Å². The first-order chi connectivity index (χ1) is 6.20. The van der Waals surface area contributed by atoms with Crippen LogP contribution in [0.15, 0.2) is 34.5 Å². The normalized spacial score (nSPS) is 14.4. The zero-order valence-corrected chi connectivity index (χ0v) is 11.7. The third kappa shape index (κ3) is 5.91. The molecule has 12 N–H and O–H groups in total. The van der Waals surface area contributed by atoms with Crippen LogP contribution in [-0.2, 0) is 0 Å². The summed E-state index contributed by atoms with van der Waals surface area (Å²) >= 11 is 17.6. The van der Waals surface area contributed by atoms with Crippen LogP contribution in [-0.4, -0.2) is 32.9 Å². The van der Waals surface area contributed by atoms with E-state index in [0.29, 0.717) is 10.8 Å². The molecule has 0 fully saturated rings. The van der Waals surface area contributed by atoms with Gasteiger partial charge >= 0.3 is 0 Å². The molecular formula is C9H17Cl3O7. The van der Waals surface area contributed by atoms with E-state index in [1.54, 1.807) is 6.07 Å². The minimum absolute atomic E-state index is 0. The van der Waals surface area contributed by atoms with E-state index in [4.69, 9.17) is 39.5 Å². The van der Waals surface area contributed by atoms with E-state index in [9.17, 15) is 0 Å². The molecular weight excluding hydrogens is 326 g/mol. The van der Waals surface area contributed by atoms with Crippen molar-refractivity contribution in [1.82, 2.24) is 0 Å². The Hall–Kier alpha value is -0.610. The number of alkyl halides is 1. The first-order valence-corrected chi connectivity index (χ1v) is 4.85. The quantitative estimate of drug-likeness (QED) is 0.538. The second kappa shape index (κ2) is 12.4. The smallest absolute Gasteiger partial charge is 0.210 e. The van der Waals surface area contributed by atoms with Crippen molar-refractivity contribution in [2.45, 2.75) is 5.38 Å². The first-order valence-electron chi connectivity index (χ1n) is 3.66. The molecule has 1 aliphatic heterocycles. The second-order valence-electron chi connectivity index (χ2n) is 2.62. The van der Waals surface area contributed by atoms with Crippen molar-refractivity contribution in [2.24, 2.45) is 0 Å². The van der Waals surface area contributed by atoms with E-state index < -0.39 is 5.38 Å². The summed E-state index contributed by atoms with van der Waals surface area (Å²) in [5, 5.41) is 0.0847. The van der Waals surface area contributed by atoms with E-state index in [1.807, 2.05) is 18.2 Å². The fraction of sp³-hybridized carbons (Fsp3) is 0.111. The average molecular weight is 344 g/mol. The van der Waals surface area contributed by atoms with Crippen LogP contribution in [0.2, 0.25) is 0 Å². The SMILES string of the molecule is ClC1=C(Cl)C(Cl)c2ccccc2O1.O.O.O.O.O.O. The van der Waals surface area contributed by atoms with E-state index in [2.05, 4.69) is 0 Å². The molecule has 0 amide bonds. The Morgan fingerprint density at radius 2 is 1.32 bits per heavy atom. The third-order valence-corrected chi connectivity index (χ3v) is 3.13. The van der Waals surface area contributed by atoms with Gasteiger partial charge in [0.2, 0.25) is 5.22 Å². The Kier molecular flexibility index (Phi) is 20.3. The van der Waals surface area contributed by atoms with E-state index >= 15 is 0 Å². The lowest BCUT2D eigenvalue weighted by Gasteiger charge is -2.20. The summed E-state index contributed by atoms with van der Waals surface area (Å²) in [6.07, 6.45) is 0. The van der Waals surface area contributed by atoms with Crippen LogP contribution in [0.5, 0.6) is 5.75 Å². The maximum absolute atomic E-state index is 6.04. The molecule has 1 aromatic rings. The van der Waals surface area contributed by atoms with Gasteiger partial charge in [-0.1, -0.05) is 29.8 Å². The van der Waals surface area contributed by atoms with Gasteiger partial charge in [0.1, 0.15) is 11.1 Å². The van der Waals surface area contributed by atoms with Gasteiger partial charge in [-0.05, 0) is 17.7 Å². The predicted molar refractivity (Wildman–Crippen MR) is 76.1 cm³/mol. The Morgan fingerprint density at radius 1 is 0.842 bits per heavy atom. The number of ether oxygens (including phenoxy) is 1. The molecule has 0 spiro atoms. The molecule has 19 heavy (non-hydrogen) atoms. The zero-order valence-electron chi connectivity index (χ0n) is 9.43. The predicted octanol–water partition coefficient (Wildman–Crippen LogP) is -0.943. The minimum Gasteiger partial charge on any atom is -0.444 e.